The summed E-state index contributed by atoms with van der Waals surface area (Å²) in [6, 6.07) is 3.95. The van der Waals surface area contributed by atoms with Crippen LogP contribution < -0.4 is 4.90 Å². The van der Waals surface area contributed by atoms with Crippen LogP contribution in [0.3, 0.4) is 0 Å². The Bertz CT molecular complexity index is 537. The first-order valence-corrected chi connectivity index (χ1v) is 7.15. The number of carbonyl (C=O) groups excluding carboxylic acids is 1. The number of rotatable bonds is 4. The van der Waals surface area contributed by atoms with Gasteiger partial charge in [-0.05, 0) is 23.2 Å². The molecule has 0 aromatic heterocycles. The third kappa shape index (κ3) is 2.23. The summed E-state index contributed by atoms with van der Waals surface area (Å²) in [4.78, 5) is 22.7. The van der Waals surface area contributed by atoms with Gasteiger partial charge in [0.2, 0.25) is 0 Å². The van der Waals surface area contributed by atoms with Gasteiger partial charge in [-0.1, -0.05) is 0 Å². The molecular weight excluding hydrogens is 280 g/mol. The quantitative estimate of drug-likeness (QED) is 0.365. The van der Waals surface area contributed by atoms with E-state index in [-0.39, 0.29) is 5.69 Å². The number of non-ortho nitro benzene ring substituents is 1. The van der Waals surface area contributed by atoms with Gasteiger partial charge in [0.05, 0.1) is 10.6 Å². The predicted octanol–water partition coefficient (Wildman–Crippen LogP) is 1.85. The first kappa shape index (κ1) is 13.0. The molecule has 0 amide bonds. The molecule has 0 saturated carbocycles. The van der Waals surface area contributed by atoms with Gasteiger partial charge in [0.15, 0.2) is 6.29 Å². The Labute approximate surface area is 110 Å². The molecule has 0 N–H and O–H groups in total. The van der Waals surface area contributed by atoms with Crippen molar-refractivity contribution < 1.29 is 13.9 Å². The Balaban J connectivity index is 2.41. The van der Waals surface area contributed by atoms with Gasteiger partial charge in [-0.25, -0.2) is 4.21 Å². The van der Waals surface area contributed by atoms with Gasteiger partial charge in [0.25, 0.3) is 5.69 Å². The van der Waals surface area contributed by atoms with Crippen molar-refractivity contribution in [1.82, 2.24) is 0 Å². The van der Waals surface area contributed by atoms with Crippen LogP contribution in [-0.4, -0.2) is 27.3 Å². The highest BCUT2D eigenvalue weighted by Crippen LogP contribution is 2.34. The van der Waals surface area contributed by atoms with Crippen LogP contribution in [-0.2, 0) is 10.0 Å². The van der Waals surface area contributed by atoms with Gasteiger partial charge in [-0.3, -0.25) is 14.9 Å². The number of carbonyl (C=O) groups is 1. The zero-order chi connectivity index (χ0) is 13.3. The molecular formula is C10H9ClN2O4S. The number of nitro groups is 1. The van der Waals surface area contributed by atoms with Gasteiger partial charge in [0, 0.05) is 24.2 Å². The SMILES string of the molecule is O=Cc1ccc([N+](=O)[O-])cc1N1CCC1S(=O)Cl. The molecule has 1 aliphatic heterocycles. The van der Waals surface area contributed by atoms with E-state index < -0.39 is 20.3 Å². The molecule has 1 aromatic carbocycles. The van der Waals surface area contributed by atoms with Crippen molar-refractivity contribution in [2.45, 2.75) is 11.8 Å². The first-order valence-electron chi connectivity index (χ1n) is 5.11. The van der Waals surface area contributed by atoms with Crippen molar-refractivity contribution in [3.63, 3.8) is 0 Å². The summed E-state index contributed by atoms with van der Waals surface area (Å²) in [6.45, 7) is 0.575. The zero-order valence-electron chi connectivity index (χ0n) is 9.11. The minimum Gasteiger partial charge on any atom is -0.355 e. The van der Waals surface area contributed by atoms with Crippen LogP contribution in [0.15, 0.2) is 18.2 Å². The van der Waals surface area contributed by atoms with Gasteiger partial charge in [-0.2, -0.15) is 0 Å². The monoisotopic (exact) mass is 288 g/mol. The van der Waals surface area contributed by atoms with Crippen LogP contribution in [0.5, 0.6) is 0 Å². The number of nitro benzene ring substituents is 1. The average molecular weight is 289 g/mol. The highest BCUT2D eigenvalue weighted by Gasteiger charge is 2.34. The van der Waals surface area contributed by atoms with Crippen LogP contribution in [0.2, 0.25) is 0 Å². The number of aldehydes is 1. The summed E-state index contributed by atoms with van der Waals surface area (Å²) < 4.78 is 11.2. The second kappa shape index (κ2) is 5.03. The first-order chi connectivity index (χ1) is 8.54. The van der Waals surface area contributed by atoms with Crippen molar-refractivity contribution in [3.8, 4) is 0 Å². The number of hydrogen-bond donors (Lipinski definition) is 0. The van der Waals surface area contributed by atoms with E-state index in [4.69, 9.17) is 10.7 Å². The molecule has 2 unspecified atom stereocenters. The van der Waals surface area contributed by atoms with E-state index in [0.717, 1.165) is 0 Å². The zero-order valence-corrected chi connectivity index (χ0v) is 10.7. The van der Waals surface area contributed by atoms with Gasteiger partial charge < -0.3 is 4.90 Å². The summed E-state index contributed by atoms with van der Waals surface area (Å²) >= 11 is 0. The Hall–Kier alpha value is -1.47. The van der Waals surface area contributed by atoms with Crippen molar-refractivity contribution in [2.75, 3.05) is 11.4 Å². The molecule has 2 atom stereocenters. The molecule has 0 radical (unpaired) electrons. The molecule has 0 aliphatic carbocycles. The summed E-state index contributed by atoms with van der Waals surface area (Å²) in [6.07, 6.45) is 1.25. The van der Waals surface area contributed by atoms with Crippen molar-refractivity contribution in [3.05, 3.63) is 33.9 Å². The smallest absolute Gasteiger partial charge is 0.271 e. The van der Waals surface area contributed by atoms with E-state index in [1.54, 1.807) is 4.90 Å². The minimum absolute atomic E-state index is 0.110. The molecule has 0 spiro atoms. The average Bonchev–Trinajstić information content (AvgIpc) is 2.26. The maximum atomic E-state index is 11.2. The van der Waals surface area contributed by atoms with Crippen LogP contribution in [0.25, 0.3) is 0 Å². The molecule has 18 heavy (non-hydrogen) atoms. The summed E-state index contributed by atoms with van der Waals surface area (Å²) in [7, 11) is 3.96. The van der Waals surface area contributed by atoms with Crippen molar-refractivity contribution in [2.24, 2.45) is 0 Å². The fourth-order valence-corrected chi connectivity index (χ4v) is 3.09. The van der Waals surface area contributed by atoms with Crippen molar-refractivity contribution in [1.29, 1.82) is 0 Å². The van der Waals surface area contributed by atoms with Crippen LogP contribution in [0.1, 0.15) is 16.8 Å². The number of anilines is 1. The fraction of sp³-hybridized carbons (Fsp3) is 0.300. The topological polar surface area (TPSA) is 80.5 Å². The van der Waals surface area contributed by atoms with E-state index in [0.29, 0.717) is 30.5 Å². The minimum atomic E-state index is -1.57. The lowest BCUT2D eigenvalue weighted by molar-refractivity contribution is -0.384. The summed E-state index contributed by atoms with van der Waals surface area (Å²) in [5.41, 5.74) is 0.624. The predicted molar refractivity (Wildman–Crippen MR) is 68.2 cm³/mol. The fourth-order valence-electron chi connectivity index (χ4n) is 1.83. The number of halogens is 1. The Morgan fingerprint density at radius 2 is 2.28 bits per heavy atom. The lowest BCUT2D eigenvalue weighted by atomic mass is 10.1. The molecule has 1 aromatic rings. The molecule has 1 fully saturated rings. The van der Waals surface area contributed by atoms with Crippen LogP contribution in [0.4, 0.5) is 11.4 Å². The normalized spacial score (nSPS) is 20.1. The van der Waals surface area contributed by atoms with E-state index in [1.807, 2.05) is 0 Å². The Morgan fingerprint density at radius 1 is 1.56 bits per heavy atom. The lowest BCUT2D eigenvalue weighted by Crippen LogP contribution is -2.49. The van der Waals surface area contributed by atoms with E-state index in [9.17, 15) is 19.1 Å². The largest absolute Gasteiger partial charge is 0.355 e. The second-order valence-corrected chi connectivity index (χ2v) is 5.76. The Kier molecular flexibility index (Phi) is 3.63. The van der Waals surface area contributed by atoms with E-state index >= 15 is 0 Å². The second-order valence-electron chi connectivity index (χ2n) is 3.80. The molecule has 8 heteroatoms. The highest BCUT2D eigenvalue weighted by atomic mass is 35.7. The number of nitrogens with zero attached hydrogens (tertiary/aromatic N) is 2. The number of hydrogen-bond acceptors (Lipinski definition) is 5. The molecule has 6 nitrogen and oxygen atoms in total. The van der Waals surface area contributed by atoms with Crippen LogP contribution in [0, 0.1) is 10.1 Å². The van der Waals surface area contributed by atoms with E-state index in [2.05, 4.69) is 0 Å². The van der Waals surface area contributed by atoms with Crippen molar-refractivity contribution >= 4 is 38.4 Å². The molecule has 1 saturated heterocycles. The summed E-state index contributed by atoms with van der Waals surface area (Å²) in [5, 5.41) is 10.3. The molecule has 0 bridgehead atoms. The Morgan fingerprint density at radius 3 is 2.72 bits per heavy atom. The maximum Gasteiger partial charge on any atom is 0.271 e. The van der Waals surface area contributed by atoms with E-state index in [1.165, 1.54) is 18.2 Å². The molecule has 2 rings (SSSR count). The molecule has 1 heterocycles. The van der Waals surface area contributed by atoms with Crippen LogP contribution >= 0.6 is 10.7 Å². The van der Waals surface area contributed by atoms with Gasteiger partial charge in [0.1, 0.15) is 15.4 Å². The lowest BCUT2D eigenvalue weighted by Gasteiger charge is -2.40. The standard InChI is InChI=1S/C10H9ClN2O4S/c11-18(17)10-3-4-12(10)9-5-8(13(15)16)2-1-7(9)6-14/h1-2,5-6,10H,3-4H2. The molecule has 96 valence electrons. The number of benzene rings is 1. The third-order valence-corrected chi connectivity index (χ3v) is 4.37. The van der Waals surface area contributed by atoms with Gasteiger partial charge in [-0.15, -0.1) is 0 Å². The maximum absolute atomic E-state index is 11.2. The highest BCUT2D eigenvalue weighted by molar-refractivity contribution is 8.08. The summed E-state index contributed by atoms with van der Waals surface area (Å²) in [5.74, 6) is 0. The molecule has 1 aliphatic rings. The van der Waals surface area contributed by atoms with Gasteiger partial charge >= 0.3 is 0 Å². The third-order valence-electron chi connectivity index (χ3n) is 2.84.